The Hall–Kier alpha value is -1.83. The number of fused-ring (bicyclic) bond motifs is 2. The Morgan fingerprint density at radius 2 is 2.04 bits per heavy atom. The fraction of sp³-hybridized carbons (Fsp3) is 0.476. The molecule has 4 nitrogen and oxygen atoms in total. The normalized spacial score (nSPS) is 20.1. The molecule has 150 valence electrons. The van der Waals surface area contributed by atoms with Crippen LogP contribution in [0, 0.1) is 16.9 Å². The Morgan fingerprint density at radius 3 is 2.75 bits per heavy atom. The monoisotopic (exact) mass is 406 g/mol. The van der Waals surface area contributed by atoms with E-state index < -0.39 is 17.4 Å². The number of rotatable bonds is 5. The van der Waals surface area contributed by atoms with Crippen LogP contribution in [0.4, 0.5) is 8.78 Å². The maximum Gasteiger partial charge on any atom is 0.222 e. The van der Waals surface area contributed by atoms with Crippen LogP contribution in [0.15, 0.2) is 30.3 Å². The number of nitrogens with zero attached hydrogens (tertiary/aromatic N) is 1. The average molecular weight is 406 g/mol. The summed E-state index contributed by atoms with van der Waals surface area (Å²) in [5.74, 6) is -1.18. The van der Waals surface area contributed by atoms with Gasteiger partial charge in [0.05, 0.1) is 12.5 Å². The fourth-order valence-electron chi connectivity index (χ4n) is 4.35. The molecule has 1 aromatic heterocycles. The molecule has 0 aliphatic carbocycles. The fourth-order valence-corrected chi connectivity index (χ4v) is 5.49. The first kappa shape index (κ1) is 19.5. The first-order valence-electron chi connectivity index (χ1n) is 9.64. The van der Waals surface area contributed by atoms with E-state index in [4.69, 9.17) is 10.5 Å². The van der Waals surface area contributed by atoms with Gasteiger partial charge in [0.1, 0.15) is 11.4 Å². The van der Waals surface area contributed by atoms with Crippen LogP contribution < -0.4 is 5.73 Å². The molecule has 1 amide bonds. The Labute approximate surface area is 167 Å². The number of ether oxygens (including phenoxy) is 1. The molecule has 0 radical (unpaired) electrons. The second kappa shape index (κ2) is 7.89. The number of hydrogen-bond donors (Lipinski definition) is 1. The van der Waals surface area contributed by atoms with Crippen molar-refractivity contribution in [2.75, 3.05) is 26.2 Å². The van der Waals surface area contributed by atoms with Crippen LogP contribution >= 0.6 is 11.3 Å². The highest BCUT2D eigenvalue weighted by molar-refractivity contribution is 7.10. The summed E-state index contributed by atoms with van der Waals surface area (Å²) in [5.41, 5.74) is 6.77. The van der Waals surface area contributed by atoms with Crippen molar-refractivity contribution in [3.05, 3.63) is 57.3 Å². The minimum absolute atomic E-state index is 0.156. The number of carbonyl (C=O) groups is 1. The van der Waals surface area contributed by atoms with Crippen LogP contribution in [0.25, 0.3) is 0 Å². The van der Waals surface area contributed by atoms with Gasteiger partial charge in [-0.1, -0.05) is 18.2 Å². The number of likely N-dealkylation sites (tertiary alicyclic amines) is 1. The van der Waals surface area contributed by atoms with Gasteiger partial charge in [-0.3, -0.25) is 4.79 Å². The lowest BCUT2D eigenvalue weighted by Gasteiger charge is -2.44. The number of benzene rings is 1. The Balaban J connectivity index is 1.42. The van der Waals surface area contributed by atoms with E-state index in [-0.39, 0.29) is 10.9 Å². The van der Waals surface area contributed by atoms with E-state index in [1.807, 2.05) is 0 Å². The molecule has 3 heterocycles. The van der Waals surface area contributed by atoms with E-state index in [2.05, 4.69) is 4.90 Å². The van der Waals surface area contributed by atoms with Crippen molar-refractivity contribution in [3.8, 4) is 0 Å². The van der Waals surface area contributed by atoms with E-state index in [1.54, 1.807) is 24.3 Å². The van der Waals surface area contributed by atoms with E-state index in [9.17, 15) is 13.6 Å². The molecule has 1 atom stereocenters. The van der Waals surface area contributed by atoms with E-state index in [0.717, 1.165) is 42.8 Å². The van der Waals surface area contributed by atoms with E-state index >= 15 is 0 Å². The lowest BCUT2D eigenvalue weighted by atomic mass is 9.85. The van der Waals surface area contributed by atoms with Crippen molar-refractivity contribution in [2.24, 2.45) is 11.7 Å². The average Bonchev–Trinajstić information content (AvgIpc) is 3.06. The molecular formula is C21H24F2N2O2S. The summed E-state index contributed by atoms with van der Waals surface area (Å²) in [6, 6.07) is 8.12. The smallest absolute Gasteiger partial charge is 0.222 e. The maximum atomic E-state index is 14.0. The number of piperidine rings is 1. The van der Waals surface area contributed by atoms with Gasteiger partial charge >= 0.3 is 0 Å². The zero-order valence-electron chi connectivity index (χ0n) is 15.6. The minimum atomic E-state index is -0.451. The largest absolute Gasteiger partial charge is 0.369 e. The molecule has 2 N–H and O–H groups in total. The van der Waals surface area contributed by atoms with E-state index in [0.29, 0.717) is 25.1 Å². The molecule has 1 saturated heterocycles. The van der Waals surface area contributed by atoms with Gasteiger partial charge < -0.3 is 15.4 Å². The van der Waals surface area contributed by atoms with Crippen molar-refractivity contribution in [1.82, 2.24) is 4.90 Å². The SMILES string of the molecule is NC(=O)[C@H](Cc1ccccc1F)CN1CCC2(CC1)OCCc1cc(F)sc12. The summed E-state index contributed by atoms with van der Waals surface area (Å²) < 4.78 is 33.9. The summed E-state index contributed by atoms with van der Waals surface area (Å²) in [5, 5.41) is -0.156. The quantitative estimate of drug-likeness (QED) is 0.830. The van der Waals surface area contributed by atoms with Crippen molar-refractivity contribution in [1.29, 1.82) is 0 Å². The molecule has 1 spiro atoms. The highest BCUT2D eigenvalue weighted by Gasteiger charge is 2.42. The van der Waals surface area contributed by atoms with Crippen molar-refractivity contribution < 1.29 is 18.3 Å². The van der Waals surface area contributed by atoms with Crippen LogP contribution in [0.1, 0.15) is 28.8 Å². The first-order chi connectivity index (χ1) is 13.5. The summed E-state index contributed by atoms with van der Waals surface area (Å²) >= 11 is 1.19. The molecule has 0 saturated carbocycles. The Bertz CT molecular complexity index is 862. The zero-order valence-corrected chi connectivity index (χ0v) is 16.4. The third kappa shape index (κ3) is 3.83. The predicted octanol–water partition coefficient (Wildman–Crippen LogP) is 3.23. The highest BCUT2D eigenvalue weighted by atomic mass is 32.1. The van der Waals surface area contributed by atoms with Crippen molar-refractivity contribution >= 4 is 17.2 Å². The molecule has 1 aromatic carbocycles. The van der Waals surface area contributed by atoms with Crippen LogP contribution in [0.5, 0.6) is 0 Å². The molecule has 2 aliphatic heterocycles. The third-order valence-electron chi connectivity index (χ3n) is 5.91. The van der Waals surface area contributed by atoms with Gasteiger partial charge in [-0.15, -0.1) is 11.3 Å². The van der Waals surface area contributed by atoms with Gasteiger partial charge in [-0.25, -0.2) is 4.39 Å². The second-order valence-corrected chi connectivity index (χ2v) is 8.70. The molecule has 2 aliphatic rings. The molecule has 7 heteroatoms. The number of halogens is 2. The second-order valence-electron chi connectivity index (χ2n) is 7.69. The molecule has 1 fully saturated rings. The number of thiophene rings is 1. The molecule has 0 bridgehead atoms. The summed E-state index contributed by atoms with van der Waals surface area (Å²) in [7, 11) is 0. The lowest BCUT2D eigenvalue weighted by molar-refractivity contribution is -0.123. The number of amides is 1. The van der Waals surface area contributed by atoms with Gasteiger partial charge in [-0.2, -0.15) is 4.39 Å². The summed E-state index contributed by atoms with van der Waals surface area (Å²) in [4.78, 5) is 15.2. The first-order valence-corrected chi connectivity index (χ1v) is 10.5. The summed E-state index contributed by atoms with van der Waals surface area (Å²) in [6.45, 7) is 2.58. The zero-order chi connectivity index (χ0) is 19.7. The van der Waals surface area contributed by atoms with Crippen LogP contribution in [-0.2, 0) is 28.0 Å². The molecule has 2 aromatic rings. The van der Waals surface area contributed by atoms with Gasteiger partial charge in [-0.05, 0) is 48.9 Å². The van der Waals surface area contributed by atoms with Gasteiger partial charge in [0.2, 0.25) is 5.91 Å². The summed E-state index contributed by atoms with van der Waals surface area (Å²) in [6.07, 6.45) is 2.56. The Morgan fingerprint density at radius 1 is 1.29 bits per heavy atom. The standard InChI is InChI=1S/C21H24F2N2O2S/c22-17-4-2-1-3-14(17)11-16(20(24)26)13-25-8-6-21(7-9-25)19-15(5-10-27-21)12-18(23)28-19/h1-4,12,16H,5-11,13H2,(H2,24,26)/t16-/m1/s1. The van der Waals surface area contributed by atoms with Crippen LogP contribution in [0.3, 0.4) is 0 Å². The number of carbonyl (C=O) groups excluding carboxylic acids is 1. The predicted molar refractivity (Wildman–Crippen MR) is 104 cm³/mol. The maximum absolute atomic E-state index is 14.0. The van der Waals surface area contributed by atoms with Gasteiger partial charge in [0.15, 0.2) is 5.13 Å². The number of primary amides is 1. The van der Waals surface area contributed by atoms with Crippen molar-refractivity contribution in [3.63, 3.8) is 0 Å². The topological polar surface area (TPSA) is 55.6 Å². The van der Waals surface area contributed by atoms with E-state index in [1.165, 1.54) is 17.4 Å². The number of hydrogen-bond acceptors (Lipinski definition) is 4. The van der Waals surface area contributed by atoms with Crippen LogP contribution in [0.2, 0.25) is 0 Å². The highest BCUT2D eigenvalue weighted by Crippen LogP contribution is 2.45. The van der Waals surface area contributed by atoms with Crippen LogP contribution in [-0.4, -0.2) is 37.0 Å². The minimum Gasteiger partial charge on any atom is -0.369 e. The third-order valence-corrected chi connectivity index (χ3v) is 7.06. The molecule has 4 rings (SSSR count). The lowest BCUT2D eigenvalue weighted by Crippen LogP contribution is -2.48. The molecular weight excluding hydrogens is 382 g/mol. The Kier molecular flexibility index (Phi) is 5.49. The van der Waals surface area contributed by atoms with Crippen molar-refractivity contribution in [2.45, 2.75) is 31.3 Å². The number of nitrogens with two attached hydrogens (primary N) is 1. The molecule has 0 unspecified atom stereocenters. The molecule has 28 heavy (non-hydrogen) atoms. The van der Waals surface area contributed by atoms with Gasteiger partial charge in [0.25, 0.3) is 0 Å². The van der Waals surface area contributed by atoms with Gasteiger partial charge in [0, 0.05) is 24.5 Å².